The van der Waals surface area contributed by atoms with Crippen molar-refractivity contribution in [3.8, 4) is 5.75 Å². The maximum Gasteiger partial charge on any atom is 0.326 e. The van der Waals surface area contributed by atoms with Crippen LogP contribution >= 0.6 is 11.3 Å². The molecule has 0 saturated carbocycles. The zero-order valence-electron chi connectivity index (χ0n) is 17.4. The maximum atomic E-state index is 12.7. The van der Waals surface area contributed by atoms with Crippen LogP contribution in [-0.2, 0) is 20.9 Å². The van der Waals surface area contributed by atoms with Gasteiger partial charge in [0, 0.05) is 0 Å². The summed E-state index contributed by atoms with van der Waals surface area (Å²) in [4.78, 5) is 55.2. The molecule has 0 bridgehead atoms. The molecule has 164 valence electrons. The molecule has 0 spiro atoms. The third-order valence-electron chi connectivity index (χ3n) is 4.87. The monoisotopic (exact) mass is 453 g/mol. The fourth-order valence-electron chi connectivity index (χ4n) is 3.49. The van der Waals surface area contributed by atoms with Gasteiger partial charge in [0.05, 0.1) is 29.5 Å². The van der Waals surface area contributed by atoms with Gasteiger partial charge in [0.2, 0.25) is 0 Å². The standard InChI is InChI=1S/C22H19N3O6S/c1-3-31-18(27)12-24-19-15(30-2)9-6-10-16(19)32-22(24)23-17(26)11-25-20(28)13-7-4-5-8-14(13)21(25)29/h4-10H,3,11-12H2,1-2H3. The minimum absolute atomic E-state index is 0.173. The van der Waals surface area contributed by atoms with E-state index in [9.17, 15) is 19.2 Å². The molecule has 0 N–H and O–H groups in total. The second-order valence-electron chi connectivity index (χ2n) is 6.83. The van der Waals surface area contributed by atoms with Crippen LogP contribution in [0.1, 0.15) is 27.6 Å². The number of imide groups is 1. The molecular formula is C22H19N3O6S. The van der Waals surface area contributed by atoms with Crippen LogP contribution < -0.4 is 9.54 Å². The van der Waals surface area contributed by atoms with E-state index in [4.69, 9.17) is 9.47 Å². The van der Waals surface area contributed by atoms with Gasteiger partial charge < -0.3 is 14.0 Å². The van der Waals surface area contributed by atoms with Crippen LogP contribution in [0.4, 0.5) is 0 Å². The van der Waals surface area contributed by atoms with E-state index in [2.05, 4.69) is 4.99 Å². The first-order chi connectivity index (χ1) is 15.4. The molecule has 3 aromatic rings. The molecule has 0 fully saturated rings. The molecule has 2 aromatic carbocycles. The number of ether oxygens (including phenoxy) is 2. The number of para-hydroxylation sites is 1. The Kier molecular flexibility index (Phi) is 5.87. The minimum atomic E-state index is -0.692. The highest BCUT2D eigenvalue weighted by molar-refractivity contribution is 7.16. The van der Waals surface area contributed by atoms with E-state index in [1.807, 2.05) is 6.07 Å². The fourth-order valence-corrected chi connectivity index (χ4v) is 4.55. The molecule has 10 heteroatoms. The molecule has 2 heterocycles. The average molecular weight is 453 g/mol. The van der Waals surface area contributed by atoms with Gasteiger partial charge >= 0.3 is 5.97 Å². The fraction of sp³-hybridized carbons (Fsp3) is 0.227. The number of aromatic nitrogens is 1. The Labute approximate surface area is 186 Å². The molecule has 0 aliphatic carbocycles. The first kappa shape index (κ1) is 21.4. The quantitative estimate of drug-likeness (QED) is 0.417. The van der Waals surface area contributed by atoms with E-state index in [0.29, 0.717) is 11.3 Å². The largest absolute Gasteiger partial charge is 0.495 e. The number of nitrogens with zero attached hydrogens (tertiary/aromatic N) is 3. The second-order valence-corrected chi connectivity index (χ2v) is 7.84. The van der Waals surface area contributed by atoms with Crippen LogP contribution in [-0.4, -0.2) is 53.4 Å². The number of carbonyl (C=O) groups is 4. The van der Waals surface area contributed by atoms with Crippen LogP contribution in [0.2, 0.25) is 0 Å². The number of hydrogen-bond donors (Lipinski definition) is 0. The molecule has 32 heavy (non-hydrogen) atoms. The Balaban J connectivity index is 1.70. The number of rotatable bonds is 6. The van der Waals surface area contributed by atoms with Gasteiger partial charge in [-0.25, -0.2) is 0 Å². The summed E-state index contributed by atoms with van der Waals surface area (Å²) in [6.07, 6.45) is 0. The van der Waals surface area contributed by atoms with Gasteiger partial charge in [-0.2, -0.15) is 4.99 Å². The topological polar surface area (TPSA) is 107 Å². The van der Waals surface area contributed by atoms with E-state index < -0.39 is 30.2 Å². The van der Waals surface area contributed by atoms with E-state index in [0.717, 1.165) is 9.60 Å². The number of methoxy groups -OCH3 is 1. The Morgan fingerprint density at radius 1 is 1.00 bits per heavy atom. The van der Waals surface area contributed by atoms with Crippen molar-refractivity contribution >= 4 is 45.2 Å². The van der Waals surface area contributed by atoms with Crippen molar-refractivity contribution in [1.82, 2.24) is 9.47 Å². The van der Waals surface area contributed by atoms with Gasteiger partial charge in [0.1, 0.15) is 24.4 Å². The Morgan fingerprint density at radius 3 is 2.31 bits per heavy atom. The van der Waals surface area contributed by atoms with E-state index >= 15 is 0 Å². The lowest BCUT2D eigenvalue weighted by Crippen LogP contribution is -2.35. The van der Waals surface area contributed by atoms with Crippen molar-refractivity contribution in [2.45, 2.75) is 13.5 Å². The molecule has 0 saturated heterocycles. The molecule has 1 aliphatic heterocycles. The summed E-state index contributed by atoms with van der Waals surface area (Å²) < 4.78 is 12.7. The van der Waals surface area contributed by atoms with Crippen LogP contribution in [0.3, 0.4) is 0 Å². The summed E-state index contributed by atoms with van der Waals surface area (Å²) in [5, 5.41) is 0. The van der Waals surface area contributed by atoms with Gasteiger partial charge in [-0.3, -0.25) is 24.1 Å². The first-order valence-electron chi connectivity index (χ1n) is 9.79. The molecule has 4 rings (SSSR count). The molecule has 9 nitrogen and oxygen atoms in total. The zero-order chi connectivity index (χ0) is 22.8. The first-order valence-corrected chi connectivity index (χ1v) is 10.6. The van der Waals surface area contributed by atoms with Gasteiger partial charge in [-0.1, -0.05) is 29.5 Å². The highest BCUT2D eigenvalue weighted by Crippen LogP contribution is 2.27. The zero-order valence-corrected chi connectivity index (χ0v) is 18.2. The summed E-state index contributed by atoms with van der Waals surface area (Å²) >= 11 is 1.19. The van der Waals surface area contributed by atoms with Gasteiger partial charge in [0.25, 0.3) is 17.7 Å². The summed E-state index contributed by atoms with van der Waals surface area (Å²) in [5.74, 6) is -1.74. The van der Waals surface area contributed by atoms with Crippen molar-refractivity contribution in [2.24, 2.45) is 4.99 Å². The SMILES string of the molecule is CCOC(=O)Cn1c(=NC(=O)CN2C(=O)c3ccccc3C2=O)sc2cccc(OC)c21. The number of fused-ring (bicyclic) bond motifs is 2. The third kappa shape index (κ3) is 3.80. The Morgan fingerprint density at radius 2 is 1.69 bits per heavy atom. The number of hydrogen-bond acceptors (Lipinski definition) is 7. The van der Waals surface area contributed by atoms with E-state index in [-0.39, 0.29) is 29.1 Å². The molecule has 1 aromatic heterocycles. The summed E-state index contributed by atoms with van der Waals surface area (Å²) in [5.41, 5.74) is 1.11. The van der Waals surface area contributed by atoms with Crippen molar-refractivity contribution in [3.05, 3.63) is 58.4 Å². The average Bonchev–Trinajstić information content (AvgIpc) is 3.24. The summed E-state index contributed by atoms with van der Waals surface area (Å²) in [7, 11) is 1.51. The lowest BCUT2D eigenvalue weighted by Gasteiger charge is -2.11. The van der Waals surface area contributed by atoms with Crippen molar-refractivity contribution in [2.75, 3.05) is 20.3 Å². The van der Waals surface area contributed by atoms with Gasteiger partial charge in [-0.05, 0) is 31.2 Å². The second kappa shape index (κ2) is 8.75. The predicted molar refractivity (Wildman–Crippen MR) is 115 cm³/mol. The predicted octanol–water partition coefficient (Wildman–Crippen LogP) is 2.00. The lowest BCUT2D eigenvalue weighted by molar-refractivity contribution is -0.143. The highest BCUT2D eigenvalue weighted by atomic mass is 32.1. The van der Waals surface area contributed by atoms with Gasteiger partial charge in [0.15, 0.2) is 4.80 Å². The molecule has 0 atom stereocenters. The normalized spacial score (nSPS) is 13.6. The van der Waals surface area contributed by atoms with E-state index in [1.165, 1.54) is 23.0 Å². The van der Waals surface area contributed by atoms with Crippen molar-refractivity contribution < 1.29 is 28.7 Å². The highest BCUT2D eigenvalue weighted by Gasteiger charge is 2.36. The summed E-state index contributed by atoms with van der Waals surface area (Å²) in [6, 6.07) is 11.7. The summed E-state index contributed by atoms with van der Waals surface area (Å²) in [6.45, 7) is 1.24. The number of thiazole rings is 1. The van der Waals surface area contributed by atoms with Crippen LogP contribution in [0.5, 0.6) is 5.75 Å². The van der Waals surface area contributed by atoms with Crippen molar-refractivity contribution in [3.63, 3.8) is 0 Å². The number of benzene rings is 2. The lowest BCUT2D eigenvalue weighted by atomic mass is 10.1. The van der Waals surface area contributed by atoms with Gasteiger partial charge in [-0.15, -0.1) is 0 Å². The van der Waals surface area contributed by atoms with Crippen LogP contribution in [0.15, 0.2) is 47.5 Å². The van der Waals surface area contributed by atoms with Crippen molar-refractivity contribution in [1.29, 1.82) is 0 Å². The van der Waals surface area contributed by atoms with Crippen LogP contribution in [0.25, 0.3) is 10.2 Å². The van der Waals surface area contributed by atoms with E-state index in [1.54, 1.807) is 43.3 Å². The third-order valence-corrected chi connectivity index (χ3v) is 5.91. The van der Waals surface area contributed by atoms with Crippen LogP contribution in [0, 0.1) is 0 Å². The minimum Gasteiger partial charge on any atom is -0.495 e. The Bertz CT molecular complexity index is 1290. The molecule has 0 radical (unpaired) electrons. The number of esters is 1. The maximum absolute atomic E-state index is 12.7. The molecule has 0 unspecified atom stereocenters. The molecular weight excluding hydrogens is 434 g/mol. The molecule has 1 aliphatic rings. The number of amides is 3. The number of carbonyl (C=O) groups excluding carboxylic acids is 4. The Hall–Kier alpha value is -3.79. The smallest absolute Gasteiger partial charge is 0.326 e. The molecule has 3 amide bonds.